The SMILES string of the molecule is Cc1c(CC(=O)O)cnc(F)c1C(F)F. The standard InChI is InChI=1S/C9H8F3NO2/c1-4-5(2-6(14)15)3-13-9(12)7(4)8(10)11/h3,8H,2H2,1H3,(H,14,15). The molecule has 3 nitrogen and oxygen atoms in total. The Morgan fingerprint density at radius 3 is 2.67 bits per heavy atom. The van der Waals surface area contributed by atoms with E-state index in [9.17, 15) is 18.0 Å². The van der Waals surface area contributed by atoms with Gasteiger partial charge in [0.25, 0.3) is 6.43 Å². The van der Waals surface area contributed by atoms with Crippen LogP contribution in [0.2, 0.25) is 0 Å². The molecule has 0 radical (unpaired) electrons. The second kappa shape index (κ2) is 4.29. The maximum absolute atomic E-state index is 12.9. The van der Waals surface area contributed by atoms with Crippen molar-refractivity contribution in [1.82, 2.24) is 4.98 Å². The molecule has 1 N–H and O–H groups in total. The van der Waals surface area contributed by atoms with E-state index >= 15 is 0 Å². The molecule has 0 unspecified atom stereocenters. The maximum atomic E-state index is 12.9. The third kappa shape index (κ3) is 2.45. The summed E-state index contributed by atoms with van der Waals surface area (Å²) >= 11 is 0. The molecule has 0 fully saturated rings. The van der Waals surface area contributed by atoms with E-state index in [0.29, 0.717) is 0 Å². The summed E-state index contributed by atoms with van der Waals surface area (Å²) in [6.07, 6.45) is -2.48. The molecule has 0 bridgehead atoms. The molecule has 0 amide bonds. The van der Waals surface area contributed by atoms with Crippen molar-refractivity contribution in [2.75, 3.05) is 0 Å². The Kier molecular flexibility index (Phi) is 3.28. The van der Waals surface area contributed by atoms with Gasteiger partial charge in [-0.3, -0.25) is 4.79 Å². The lowest BCUT2D eigenvalue weighted by molar-refractivity contribution is -0.136. The van der Waals surface area contributed by atoms with Crippen LogP contribution in [0.1, 0.15) is 23.1 Å². The number of hydrogen-bond acceptors (Lipinski definition) is 2. The summed E-state index contributed by atoms with van der Waals surface area (Å²) in [7, 11) is 0. The van der Waals surface area contributed by atoms with Crippen molar-refractivity contribution in [2.45, 2.75) is 19.8 Å². The number of aliphatic carboxylic acids is 1. The first kappa shape index (κ1) is 11.5. The number of carbonyl (C=O) groups is 1. The van der Waals surface area contributed by atoms with Crippen LogP contribution in [-0.2, 0) is 11.2 Å². The Morgan fingerprint density at radius 2 is 2.20 bits per heavy atom. The Hall–Kier alpha value is -1.59. The largest absolute Gasteiger partial charge is 0.481 e. The zero-order valence-electron chi connectivity index (χ0n) is 7.80. The van der Waals surface area contributed by atoms with Gasteiger partial charge in [0.05, 0.1) is 12.0 Å². The first-order chi connectivity index (χ1) is 6.93. The van der Waals surface area contributed by atoms with Crippen molar-refractivity contribution in [2.24, 2.45) is 0 Å². The highest BCUT2D eigenvalue weighted by Gasteiger charge is 2.20. The van der Waals surface area contributed by atoms with Crippen molar-refractivity contribution in [1.29, 1.82) is 0 Å². The number of pyridine rings is 1. The van der Waals surface area contributed by atoms with Gasteiger partial charge in [-0.25, -0.2) is 13.8 Å². The summed E-state index contributed by atoms with van der Waals surface area (Å²) in [6.45, 7) is 1.25. The molecule has 0 aliphatic rings. The average Bonchev–Trinajstić information content (AvgIpc) is 2.09. The fourth-order valence-corrected chi connectivity index (χ4v) is 1.22. The van der Waals surface area contributed by atoms with E-state index in [1.165, 1.54) is 6.92 Å². The van der Waals surface area contributed by atoms with Gasteiger partial charge in [0, 0.05) is 6.20 Å². The average molecular weight is 219 g/mol. The van der Waals surface area contributed by atoms with Crippen LogP contribution in [0.3, 0.4) is 0 Å². The number of alkyl halides is 2. The van der Waals surface area contributed by atoms with Crippen LogP contribution >= 0.6 is 0 Å². The number of carboxylic acids is 1. The highest BCUT2D eigenvalue weighted by Crippen LogP contribution is 2.26. The summed E-state index contributed by atoms with van der Waals surface area (Å²) < 4.78 is 37.6. The van der Waals surface area contributed by atoms with E-state index in [1.807, 2.05) is 0 Å². The first-order valence-corrected chi connectivity index (χ1v) is 4.07. The topological polar surface area (TPSA) is 50.2 Å². The van der Waals surface area contributed by atoms with Gasteiger partial charge in [0.2, 0.25) is 5.95 Å². The molecule has 0 saturated heterocycles. The Labute approximate surface area is 83.6 Å². The zero-order chi connectivity index (χ0) is 11.6. The predicted molar refractivity (Wildman–Crippen MR) is 45.2 cm³/mol. The molecule has 1 aromatic heterocycles. The van der Waals surface area contributed by atoms with Gasteiger partial charge < -0.3 is 5.11 Å². The van der Waals surface area contributed by atoms with Crippen molar-refractivity contribution >= 4 is 5.97 Å². The van der Waals surface area contributed by atoms with Gasteiger partial charge in [0.15, 0.2) is 0 Å². The van der Waals surface area contributed by atoms with E-state index in [0.717, 1.165) is 6.20 Å². The number of nitrogens with zero attached hydrogens (tertiary/aromatic N) is 1. The molecule has 0 aliphatic carbocycles. The normalized spacial score (nSPS) is 10.7. The minimum atomic E-state index is -2.99. The molecular formula is C9H8F3NO2. The third-order valence-electron chi connectivity index (χ3n) is 2.00. The van der Waals surface area contributed by atoms with Crippen LogP contribution in [0, 0.1) is 12.9 Å². The molecule has 0 aliphatic heterocycles. The lowest BCUT2D eigenvalue weighted by Gasteiger charge is -2.09. The molecule has 0 saturated carbocycles. The number of carboxylic acid groups (broad SMARTS) is 1. The van der Waals surface area contributed by atoms with Gasteiger partial charge in [0.1, 0.15) is 0 Å². The van der Waals surface area contributed by atoms with Crippen LogP contribution in [0.5, 0.6) is 0 Å². The van der Waals surface area contributed by atoms with E-state index in [4.69, 9.17) is 5.11 Å². The summed E-state index contributed by atoms with van der Waals surface area (Å²) in [6, 6.07) is 0. The fraction of sp³-hybridized carbons (Fsp3) is 0.333. The zero-order valence-corrected chi connectivity index (χ0v) is 7.80. The first-order valence-electron chi connectivity index (χ1n) is 4.07. The van der Waals surface area contributed by atoms with Gasteiger partial charge in [-0.1, -0.05) is 0 Å². The number of hydrogen-bond donors (Lipinski definition) is 1. The van der Waals surface area contributed by atoms with Crippen LogP contribution in [-0.4, -0.2) is 16.1 Å². The van der Waals surface area contributed by atoms with Crippen LogP contribution in [0.15, 0.2) is 6.20 Å². The lowest BCUT2D eigenvalue weighted by Crippen LogP contribution is -2.07. The summed E-state index contributed by atoms with van der Waals surface area (Å²) in [4.78, 5) is 13.5. The van der Waals surface area contributed by atoms with Gasteiger partial charge in [-0.15, -0.1) is 0 Å². The Morgan fingerprint density at radius 1 is 1.60 bits per heavy atom. The Bertz CT molecular complexity index is 393. The highest BCUT2D eigenvalue weighted by atomic mass is 19.3. The van der Waals surface area contributed by atoms with E-state index in [2.05, 4.69) is 4.98 Å². The molecule has 82 valence electrons. The molecular weight excluding hydrogens is 211 g/mol. The minimum absolute atomic E-state index is 0.0556. The second-order valence-electron chi connectivity index (χ2n) is 2.98. The summed E-state index contributed by atoms with van der Waals surface area (Å²) in [5.74, 6) is -2.43. The Balaban J connectivity index is 3.22. The maximum Gasteiger partial charge on any atom is 0.307 e. The number of halogens is 3. The van der Waals surface area contributed by atoms with Crippen molar-refractivity contribution in [3.05, 3.63) is 28.8 Å². The molecule has 1 rings (SSSR count). The summed E-state index contributed by atoms with van der Waals surface area (Å²) in [5, 5.41) is 8.48. The van der Waals surface area contributed by atoms with Crippen LogP contribution < -0.4 is 0 Å². The van der Waals surface area contributed by atoms with E-state index < -0.39 is 30.3 Å². The lowest BCUT2D eigenvalue weighted by atomic mass is 10.0. The molecule has 1 heterocycles. The minimum Gasteiger partial charge on any atom is -0.481 e. The van der Waals surface area contributed by atoms with Gasteiger partial charge in [-0.05, 0) is 18.1 Å². The molecule has 0 atom stereocenters. The fourth-order valence-electron chi connectivity index (χ4n) is 1.22. The van der Waals surface area contributed by atoms with Crippen molar-refractivity contribution in [3.63, 3.8) is 0 Å². The van der Waals surface area contributed by atoms with Crippen molar-refractivity contribution in [3.8, 4) is 0 Å². The molecule has 6 heteroatoms. The van der Waals surface area contributed by atoms with E-state index in [-0.39, 0.29) is 11.1 Å². The highest BCUT2D eigenvalue weighted by molar-refractivity contribution is 5.70. The number of rotatable bonds is 3. The quantitative estimate of drug-likeness (QED) is 0.792. The number of aromatic nitrogens is 1. The second-order valence-corrected chi connectivity index (χ2v) is 2.98. The monoisotopic (exact) mass is 219 g/mol. The van der Waals surface area contributed by atoms with Crippen molar-refractivity contribution < 1.29 is 23.1 Å². The summed E-state index contributed by atoms with van der Waals surface area (Å²) in [5.41, 5.74) is -0.784. The smallest absolute Gasteiger partial charge is 0.307 e. The van der Waals surface area contributed by atoms with Crippen LogP contribution in [0.25, 0.3) is 0 Å². The predicted octanol–water partition coefficient (Wildman–Crippen LogP) is 2.09. The molecule has 0 spiro atoms. The molecule has 0 aromatic carbocycles. The molecule has 1 aromatic rings. The molecule has 15 heavy (non-hydrogen) atoms. The van der Waals surface area contributed by atoms with Gasteiger partial charge >= 0.3 is 5.97 Å². The third-order valence-corrected chi connectivity index (χ3v) is 2.00. The van der Waals surface area contributed by atoms with Gasteiger partial charge in [-0.2, -0.15) is 4.39 Å². The van der Waals surface area contributed by atoms with E-state index in [1.54, 1.807) is 0 Å². The van der Waals surface area contributed by atoms with Crippen LogP contribution in [0.4, 0.5) is 13.2 Å².